The lowest BCUT2D eigenvalue weighted by molar-refractivity contribution is -0.117. The molecule has 94 valence electrons. The van der Waals surface area contributed by atoms with Gasteiger partial charge < -0.3 is 0 Å². The Bertz CT molecular complexity index is 558. The van der Waals surface area contributed by atoms with Crippen molar-refractivity contribution in [1.29, 1.82) is 0 Å². The van der Waals surface area contributed by atoms with Gasteiger partial charge in [0.25, 0.3) is 0 Å². The zero-order valence-electron chi connectivity index (χ0n) is 11.0. The van der Waals surface area contributed by atoms with Crippen LogP contribution in [0.15, 0.2) is 24.5 Å². The van der Waals surface area contributed by atoms with E-state index in [4.69, 9.17) is 0 Å². The summed E-state index contributed by atoms with van der Waals surface area (Å²) in [4.78, 5) is 16.0. The zero-order valence-corrected chi connectivity index (χ0v) is 11.0. The van der Waals surface area contributed by atoms with Gasteiger partial charge in [0.2, 0.25) is 0 Å². The largest absolute Gasteiger partial charge is 0.299 e. The van der Waals surface area contributed by atoms with Gasteiger partial charge in [-0.3, -0.25) is 14.5 Å². The SMILES string of the molecule is Cc1nn(C)c(C)c1CC(=O)Cc1cccnc1. The summed E-state index contributed by atoms with van der Waals surface area (Å²) in [6, 6.07) is 3.77. The molecule has 0 aliphatic heterocycles. The number of rotatable bonds is 4. The predicted molar refractivity (Wildman–Crippen MR) is 69.3 cm³/mol. The zero-order chi connectivity index (χ0) is 13.1. The number of hydrogen-bond donors (Lipinski definition) is 0. The summed E-state index contributed by atoms with van der Waals surface area (Å²) in [6.07, 6.45) is 4.33. The average Bonchev–Trinajstić information content (AvgIpc) is 2.57. The molecule has 4 heteroatoms. The highest BCUT2D eigenvalue weighted by Crippen LogP contribution is 2.13. The molecule has 0 radical (unpaired) electrons. The van der Waals surface area contributed by atoms with E-state index >= 15 is 0 Å². The van der Waals surface area contributed by atoms with E-state index in [-0.39, 0.29) is 5.78 Å². The van der Waals surface area contributed by atoms with Crippen LogP contribution in [-0.2, 0) is 24.7 Å². The average molecular weight is 243 g/mol. The van der Waals surface area contributed by atoms with Gasteiger partial charge in [-0.2, -0.15) is 5.10 Å². The molecule has 0 amide bonds. The van der Waals surface area contributed by atoms with Gasteiger partial charge in [-0.05, 0) is 25.5 Å². The van der Waals surface area contributed by atoms with E-state index in [0.717, 1.165) is 22.5 Å². The summed E-state index contributed by atoms with van der Waals surface area (Å²) in [5.41, 5.74) is 4.01. The molecule has 0 atom stereocenters. The molecule has 0 N–H and O–H groups in total. The van der Waals surface area contributed by atoms with E-state index in [2.05, 4.69) is 10.1 Å². The lowest BCUT2D eigenvalue weighted by Crippen LogP contribution is -2.08. The Kier molecular flexibility index (Phi) is 3.55. The molecule has 0 bridgehead atoms. The number of Topliss-reactive ketones (excluding diaryl/α,β-unsaturated/α-hetero) is 1. The fourth-order valence-electron chi connectivity index (χ4n) is 2.06. The number of nitrogens with zero attached hydrogens (tertiary/aromatic N) is 3. The summed E-state index contributed by atoms with van der Waals surface area (Å²) in [7, 11) is 1.90. The molecule has 2 rings (SSSR count). The minimum absolute atomic E-state index is 0.196. The van der Waals surface area contributed by atoms with Crippen molar-refractivity contribution < 1.29 is 4.79 Å². The fourth-order valence-corrected chi connectivity index (χ4v) is 2.06. The van der Waals surface area contributed by atoms with Crippen LogP contribution < -0.4 is 0 Å². The second-order valence-corrected chi connectivity index (χ2v) is 4.53. The number of aromatic nitrogens is 3. The monoisotopic (exact) mass is 243 g/mol. The fraction of sp³-hybridized carbons (Fsp3) is 0.357. The Morgan fingerprint density at radius 3 is 2.67 bits per heavy atom. The third kappa shape index (κ3) is 2.64. The highest BCUT2D eigenvalue weighted by atomic mass is 16.1. The van der Waals surface area contributed by atoms with E-state index in [1.807, 2.05) is 37.7 Å². The van der Waals surface area contributed by atoms with Crippen LogP contribution in [-0.4, -0.2) is 20.5 Å². The molecule has 4 nitrogen and oxygen atoms in total. The summed E-state index contributed by atoms with van der Waals surface area (Å²) >= 11 is 0. The van der Waals surface area contributed by atoms with Crippen LogP contribution in [0.25, 0.3) is 0 Å². The minimum atomic E-state index is 0.196. The van der Waals surface area contributed by atoms with Crippen molar-refractivity contribution in [2.75, 3.05) is 0 Å². The van der Waals surface area contributed by atoms with Crippen LogP contribution in [0.3, 0.4) is 0 Å². The Hall–Kier alpha value is -1.97. The van der Waals surface area contributed by atoms with Crippen molar-refractivity contribution in [1.82, 2.24) is 14.8 Å². The van der Waals surface area contributed by atoms with Crippen LogP contribution >= 0.6 is 0 Å². The summed E-state index contributed by atoms with van der Waals surface area (Å²) in [6.45, 7) is 3.94. The molecule has 0 aromatic carbocycles. The highest BCUT2D eigenvalue weighted by molar-refractivity contribution is 5.83. The molecule has 0 fully saturated rings. The van der Waals surface area contributed by atoms with Gasteiger partial charge in [0.05, 0.1) is 5.69 Å². The quantitative estimate of drug-likeness (QED) is 0.822. The van der Waals surface area contributed by atoms with Crippen molar-refractivity contribution in [3.8, 4) is 0 Å². The number of carbonyl (C=O) groups excluding carboxylic acids is 1. The van der Waals surface area contributed by atoms with E-state index in [9.17, 15) is 4.79 Å². The number of ketones is 1. The second kappa shape index (κ2) is 5.12. The van der Waals surface area contributed by atoms with Crippen molar-refractivity contribution in [2.45, 2.75) is 26.7 Å². The van der Waals surface area contributed by atoms with E-state index in [1.165, 1.54) is 0 Å². The molecule has 0 aliphatic rings. The van der Waals surface area contributed by atoms with Gasteiger partial charge in [-0.1, -0.05) is 6.07 Å². The molecular weight excluding hydrogens is 226 g/mol. The van der Waals surface area contributed by atoms with Gasteiger partial charge in [0, 0.05) is 43.5 Å². The molecular formula is C14H17N3O. The molecule has 2 aromatic heterocycles. The van der Waals surface area contributed by atoms with Crippen molar-refractivity contribution in [3.05, 3.63) is 47.0 Å². The van der Waals surface area contributed by atoms with Gasteiger partial charge in [-0.25, -0.2) is 0 Å². The van der Waals surface area contributed by atoms with Crippen molar-refractivity contribution in [3.63, 3.8) is 0 Å². The third-order valence-electron chi connectivity index (χ3n) is 3.16. The van der Waals surface area contributed by atoms with Gasteiger partial charge in [0.15, 0.2) is 0 Å². The molecule has 0 spiro atoms. The Morgan fingerprint density at radius 2 is 2.11 bits per heavy atom. The summed E-state index contributed by atoms with van der Waals surface area (Å²) in [5, 5.41) is 4.32. The standard InChI is InChI=1S/C14H17N3O/c1-10-14(11(2)17(3)16-10)8-13(18)7-12-5-4-6-15-9-12/h4-6,9H,7-8H2,1-3H3. The minimum Gasteiger partial charge on any atom is -0.299 e. The molecule has 2 aromatic rings. The topological polar surface area (TPSA) is 47.8 Å². The Morgan fingerprint density at radius 1 is 1.33 bits per heavy atom. The number of aryl methyl sites for hydroxylation is 2. The number of carbonyl (C=O) groups is 1. The lowest BCUT2D eigenvalue weighted by atomic mass is 10.0. The summed E-state index contributed by atoms with van der Waals surface area (Å²) < 4.78 is 1.82. The van der Waals surface area contributed by atoms with Crippen LogP contribution in [0.1, 0.15) is 22.5 Å². The normalized spacial score (nSPS) is 10.6. The molecule has 18 heavy (non-hydrogen) atoms. The first-order chi connectivity index (χ1) is 8.58. The molecule has 0 saturated heterocycles. The first kappa shape index (κ1) is 12.5. The van der Waals surface area contributed by atoms with Crippen LogP contribution in [0.4, 0.5) is 0 Å². The molecule has 0 aliphatic carbocycles. The molecule has 2 heterocycles. The Balaban J connectivity index is 2.08. The lowest BCUT2D eigenvalue weighted by Gasteiger charge is -2.02. The number of hydrogen-bond acceptors (Lipinski definition) is 3. The maximum Gasteiger partial charge on any atom is 0.141 e. The smallest absolute Gasteiger partial charge is 0.141 e. The molecule has 0 saturated carbocycles. The van der Waals surface area contributed by atoms with Crippen LogP contribution in [0, 0.1) is 13.8 Å². The van der Waals surface area contributed by atoms with E-state index < -0.39 is 0 Å². The van der Waals surface area contributed by atoms with Crippen molar-refractivity contribution in [2.24, 2.45) is 7.05 Å². The predicted octanol–water partition coefficient (Wildman–Crippen LogP) is 1.79. The van der Waals surface area contributed by atoms with Gasteiger partial charge >= 0.3 is 0 Å². The third-order valence-corrected chi connectivity index (χ3v) is 3.16. The first-order valence-electron chi connectivity index (χ1n) is 5.97. The van der Waals surface area contributed by atoms with E-state index in [0.29, 0.717) is 12.8 Å². The van der Waals surface area contributed by atoms with Crippen molar-refractivity contribution >= 4 is 5.78 Å². The van der Waals surface area contributed by atoms with Gasteiger partial charge in [-0.15, -0.1) is 0 Å². The van der Waals surface area contributed by atoms with Crippen LogP contribution in [0.5, 0.6) is 0 Å². The van der Waals surface area contributed by atoms with Crippen LogP contribution in [0.2, 0.25) is 0 Å². The maximum absolute atomic E-state index is 12.0. The van der Waals surface area contributed by atoms with E-state index in [1.54, 1.807) is 12.4 Å². The number of pyridine rings is 1. The second-order valence-electron chi connectivity index (χ2n) is 4.53. The Labute approximate surface area is 107 Å². The summed E-state index contributed by atoms with van der Waals surface area (Å²) in [5.74, 6) is 0.196. The highest BCUT2D eigenvalue weighted by Gasteiger charge is 2.13. The maximum atomic E-state index is 12.0. The van der Waals surface area contributed by atoms with Gasteiger partial charge in [0.1, 0.15) is 5.78 Å². The first-order valence-corrected chi connectivity index (χ1v) is 5.97. The molecule has 0 unspecified atom stereocenters.